The van der Waals surface area contributed by atoms with Gasteiger partial charge in [0.2, 0.25) is 0 Å². The fourth-order valence-electron chi connectivity index (χ4n) is 2.53. The van der Waals surface area contributed by atoms with Gasteiger partial charge in [-0.1, -0.05) is 0 Å². The fourth-order valence-corrected chi connectivity index (χ4v) is 2.53. The molecule has 82 valence electrons. The number of piperidine rings is 2. The van der Waals surface area contributed by atoms with E-state index in [1.54, 1.807) is 0 Å². The second-order valence-corrected chi connectivity index (χ2v) is 4.73. The number of hydrogen-bond acceptors (Lipinski definition) is 3. The first-order valence-electron chi connectivity index (χ1n) is 5.96. The zero-order valence-corrected chi connectivity index (χ0v) is 8.91. The third-order valence-corrected chi connectivity index (χ3v) is 3.53. The molecule has 0 aromatic rings. The van der Waals surface area contributed by atoms with Gasteiger partial charge in [-0.3, -0.25) is 0 Å². The predicted octanol–water partition coefficient (Wildman–Crippen LogP) is 0.443. The SMILES string of the molecule is OC1CCN(CC2CCNCC2)CC1. The second-order valence-electron chi connectivity index (χ2n) is 4.73. The molecule has 2 N–H and O–H groups in total. The third kappa shape index (κ3) is 2.94. The standard InChI is InChI=1S/C11H22N2O/c14-11-3-7-13(8-4-11)9-10-1-5-12-6-2-10/h10-12,14H,1-9H2. The van der Waals surface area contributed by atoms with Crippen molar-refractivity contribution in [3.63, 3.8) is 0 Å². The normalized spacial score (nSPS) is 28.1. The minimum Gasteiger partial charge on any atom is -0.393 e. The van der Waals surface area contributed by atoms with Gasteiger partial charge >= 0.3 is 0 Å². The summed E-state index contributed by atoms with van der Waals surface area (Å²) >= 11 is 0. The summed E-state index contributed by atoms with van der Waals surface area (Å²) < 4.78 is 0. The number of rotatable bonds is 2. The van der Waals surface area contributed by atoms with Gasteiger partial charge in [-0.05, 0) is 44.7 Å². The molecule has 2 heterocycles. The van der Waals surface area contributed by atoms with Crippen LogP contribution in [-0.2, 0) is 0 Å². The maximum absolute atomic E-state index is 9.40. The molecular weight excluding hydrogens is 176 g/mol. The number of hydrogen-bond donors (Lipinski definition) is 2. The lowest BCUT2D eigenvalue weighted by atomic mass is 9.96. The van der Waals surface area contributed by atoms with Crippen LogP contribution < -0.4 is 5.32 Å². The van der Waals surface area contributed by atoms with Gasteiger partial charge < -0.3 is 15.3 Å². The van der Waals surface area contributed by atoms with E-state index >= 15 is 0 Å². The average molecular weight is 198 g/mol. The molecule has 0 aromatic carbocycles. The molecule has 2 rings (SSSR count). The molecule has 2 aliphatic rings. The van der Waals surface area contributed by atoms with Gasteiger partial charge in [-0.2, -0.15) is 0 Å². The van der Waals surface area contributed by atoms with Gasteiger partial charge in [0.1, 0.15) is 0 Å². The zero-order chi connectivity index (χ0) is 9.80. The summed E-state index contributed by atoms with van der Waals surface area (Å²) in [5, 5.41) is 12.8. The highest BCUT2D eigenvalue weighted by molar-refractivity contribution is 4.76. The summed E-state index contributed by atoms with van der Waals surface area (Å²) in [5.74, 6) is 0.895. The van der Waals surface area contributed by atoms with Crippen molar-refractivity contribution >= 4 is 0 Å². The summed E-state index contributed by atoms with van der Waals surface area (Å²) in [6.07, 6.45) is 4.59. The smallest absolute Gasteiger partial charge is 0.0564 e. The van der Waals surface area contributed by atoms with Crippen LogP contribution in [0.2, 0.25) is 0 Å². The molecule has 3 nitrogen and oxygen atoms in total. The van der Waals surface area contributed by atoms with Crippen molar-refractivity contribution < 1.29 is 5.11 Å². The van der Waals surface area contributed by atoms with E-state index in [9.17, 15) is 5.11 Å². The van der Waals surface area contributed by atoms with Gasteiger partial charge in [0.05, 0.1) is 6.10 Å². The minimum atomic E-state index is -0.0285. The average Bonchev–Trinajstić information content (AvgIpc) is 2.23. The van der Waals surface area contributed by atoms with Crippen molar-refractivity contribution in [2.45, 2.75) is 31.8 Å². The molecule has 0 bridgehead atoms. The number of likely N-dealkylation sites (tertiary alicyclic amines) is 1. The quantitative estimate of drug-likeness (QED) is 0.676. The first-order chi connectivity index (χ1) is 6.84. The molecule has 2 saturated heterocycles. The lowest BCUT2D eigenvalue weighted by Crippen LogP contribution is -2.41. The molecule has 0 atom stereocenters. The van der Waals surface area contributed by atoms with Crippen molar-refractivity contribution in [3.8, 4) is 0 Å². The number of aliphatic hydroxyl groups is 1. The Bertz CT molecular complexity index is 161. The molecular formula is C11H22N2O. The fraction of sp³-hybridized carbons (Fsp3) is 1.00. The molecule has 3 heteroatoms. The molecule has 14 heavy (non-hydrogen) atoms. The van der Waals surface area contributed by atoms with Gasteiger partial charge in [-0.15, -0.1) is 0 Å². The summed E-state index contributed by atoms with van der Waals surface area (Å²) in [6.45, 7) is 5.85. The van der Waals surface area contributed by atoms with E-state index in [1.807, 2.05) is 0 Å². The van der Waals surface area contributed by atoms with Crippen molar-refractivity contribution in [2.75, 3.05) is 32.7 Å². The first kappa shape index (κ1) is 10.4. The molecule has 0 spiro atoms. The van der Waals surface area contributed by atoms with Crippen LogP contribution in [0.3, 0.4) is 0 Å². The van der Waals surface area contributed by atoms with E-state index in [0.29, 0.717) is 0 Å². The van der Waals surface area contributed by atoms with E-state index < -0.39 is 0 Å². The Morgan fingerprint density at radius 2 is 1.71 bits per heavy atom. The van der Waals surface area contributed by atoms with Gasteiger partial charge in [0, 0.05) is 19.6 Å². The Morgan fingerprint density at radius 1 is 1.07 bits per heavy atom. The van der Waals surface area contributed by atoms with Crippen molar-refractivity contribution in [3.05, 3.63) is 0 Å². The van der Waals surface area contributed by atoms with Crippen LogP contribution in [0.4, 0.5) is 0 Å². The van der Waals surface area contributed by atoms with Crippen LogP contribution >= 0.6 is 0 Å². The number of nitrogens with zero attached hydrogens (tertiary/aromatic N) is 1. The summed E-state index contributed by atoms with van der Waals surface area (Å²) in [4.78, 5) is 2.53. The molecule has 2 aliphatic heterocycles. The van der Waals surface area contributed by atoms with E-state index in [2.05, 4.69) is 10.2 Å². The second kappa shape index (κ2) is 5.10. The van der Waals surface area contributed by atoms with Gasteiger partial charge in [-0.25, -0.2) is 0 Å². The number of aliphatic hydroxyl groups excluding tert-OH is 1. The van der Waals surface area contributed by atoms with Crippen LogP contribution in [-0.4, -0.2) is 48.8 Å². The summed E-state index contributed by atoms with van der Waals surface area (Å²) in [7, 11) is 0. The number of nitrogens with one attached hydrogen (secondary N) is 1. The monoisotopic (exact) mass is 198 g/mol. The molecule has 0 radical (unpaired) electrons. The van der Waals surface area contributed by atoms with E-state index in [-0.39, 0.29) is 6.10 Å². The summed E-state index contributed by atoms with van der Waals surface area (Å²) in [5.41, 5.74) is 0. The lowest BCUT2D eigenvalue weighted by molar-refractivity contribution is 0.0717. The zero-order valence-electron chi connectivity index (χ0n) is 8.91. The Labute approximate surface area is 86.5 Å². The van der Waals surface area contributed by atoms with Crippen molar-refractivity contribution in [1.82, 2.24) is 10.2 Å². The van der Waals surface area contributed by atoms with Gasteiger partial charge in [0.25, 0.3) is 0 Å². The Hall–Kier alpha value is -0.120. The highest BCUT2D eigenvalue weighted by Gasteiger charge is 2.21. The van der Waals surface area contributed by atoms with Crippen molar-refractivity contribution in [2.24, 2.45) is 5.92 Å². The molecule has 0 aromatic heterocycles. The highest BCUT2D eigenvalue weighted by atomic mass is 16.3. The topological polar surface area (TPSA) is 35.5 Å². The van der Waals surface area contributed by atoms with Crippen LogP contribution in [0, 0.1) is 5.92 Å². The van der Waals surface area contributed by atoms with E-state index in [4.69, 9.17) is 0 Å². The maximum atomic E-state index is 9.40. The van der Waals surface area contributed by atoms with Crippen LogP contribution in [0.15, 0.2) is 0 Å². The van der Waals surface area contributed by atoms with Crippen LogP contribution in [0.1, 0.15) is 25.7 Å². The molecule has 0 amide bonds. The highest BCUT2D eigenvalue weighted by Crippen LogP contribution is 2.17. The van der Waals surface area contributed by atoms with Crippen molar-refractivity contribution in [1.29, 1.82) is 0 Å². The molecule has 2 fully saturated rings. The van der Waals surface area contributed by atoms with E-state index in [0.717, 1.165) is 31.8 Å². The lowest BCUT2D eigenvalue weighted by Gasteiger charge is -2.33. The minimum absolute atomic E-state index is 0.0285. The Balaban J connectivity index is 1.68. The Morgan fingerprint density at radius 3 is 2.36 bits per heavy atom. The third-order valence-electron chi connectivity index (χ3n) is 3.53. The Kier molecular flexibility index (Phi) is 3.79. The van der Waals surface area contributed by atoms with Gasteiger partial charge in [0.15, 0.2) is 0 Å². The predicted molar refractivity (Wildman–Crippen MR) is 57.3 cm³/mol. The molecule has 0 unspecified atom stereocenters. The van der Waals surface area contributed by atoms with E-state index in [1.165, 1.54) is 32.5 Å². The maximum Gasteiger partial charge on any atom is 0.0564 e. The summed E-state index contributed by atoms with van der Waals surface area (Å²) in [6, 6.07) is 0. The first-order valence-corrected chi connectivity index (χ1v) is 5.96. The van der Waals surface area contributed by atoms with Crippen LogP contribution in [0.5, 0.6) is 0 Å². The largest absolute Gasteiger partial charge is 0.393 e. The molecule has 0 saturated carbocycles. The molecule has 0 aliphatic carbocycles. The van der Waals surface area contributed by atoms with Crippen LogP contribution in [0.25, 0.3) is 0 Å².